The van der Waals surface area contributed by atoms with Crippen LogP contribution in [0.15, 0.2) is 24.3 Å². The van der Waals surface area contributed by atoms with Gasteiger partial charge in [0, 0.05) is 11.1 Å². The fraction of sp³-hybridized carbons (Fsp3) is 0.500. The maximum Gasteiger partial charge on any atom is 0.410 e. The zero-order valence-corrected chi connectivity index (χ0v) is 11.4. The van der Waals surface area contributed by atoms with Crippen LogP contribution in [0.2, 0.25) is 5.02 Å². The average molecular weight is 281 g/mol. The van der Waals surface area contributed by atoms with Crippen molar-refractivity contribution < 1.29 is 9.53 Å². The molecule has 1 aromatic carbocycles. The van der Waals surface area contributed by atoms with Gasteiger partial charge in [0.15, 0.2) is 0 Å². The molecule has 4 nitrogen and oxygen atoms in total. The van der Waals surface area contributed by atoms with Crippen molar-refractivity contribution in [1.82, 2.24) is 10.2 Å². The third-order valence-corrected chi connectivity index (χ3v) is 4.08. The topological polar surface area (TPSA) is 41.6 Å². The van der Waals surface area contributed by atoms with E-state index in [2.05, 4.69) is 5.32 Å². The number of amides is 1. The van der Waals surface area contributed by atoms with Gasteiger partial charge in [-0.3, -0.25) is 4.90 Å². The zero-order chi connectivity index (χ0) is 13.2. The monoisotopic (exact) mass is 280 g/mol. The molecular formula is C14H17ClN2O2. The Bertz CT molecular complexity index is 474. The number of ether oxygens (including phenoxy) is 1. The summed E-state index contributed by atoms with van der Waals surface area (Å²) in [5.74, 6) is 0. The van der Waals surface area contributed by atoms with Gasteiger partial charge in [0.2, 0.25) is 0 Å². The first kappa shape index (κ1) is 12.8. The molecule has 0 saturated carbocycles. The molecule has 2 heterocycles. The lowest BCUT2D eigenvalue weighted by molar-refractivity contribution is 0.134. The van der Waals surface area contributed by atoms with Crippen molar-refractivity contribution >= 4 is 17.7 Å². The highest BCUT2D eigenvalue weighted by Gasteiger charge is 2.39. The third kappa shape index (κ3) is 2.55. The summed E-state index contributed by atoms with van der Waals surface area (Å²) in [6.07, 6.45) is 1.76. The van der Waals surface area contributed by atoms with E-state index in [1.807, 2.05) is 29.2 Å². The lowest BCUT2D eigenvalue weighted by Crippen LogP contribution is -2.44. The van der Waals surface area contributed by atoms with Crippen LogP contribution in [-0.4, -0.2) is 36.7 Å². The fourth-order valence-electron chi connectivity index (χ4n) is 2.89. The Morgan fingerprint density at radius 2 is 2.11 bits per heavy atom. The van der Waals surface area contributed by atoms with Crippen molar-refractivity contribution in [2.24, 2.45) is 0 Å². The Hall–Kier alpha value is -1.26. The fourth-order valence-corrected chi connectivity index (χ4v) is 3.09. The van der Waals surface area contributed by atoms with Gasteiger partial charge in [-0.2, -0.15) is 0 Å². The van der Waals surface area contributed by atoms with Crippen molar-refractivity contribution in [2.75, 3.05) is 19.7 Å². The summed E-state index contributed by atoms with van der Waals surface area (Å²) < 4.78 is 5.25. The molecule has 0 bridgehead atoms. The first-order valence-corrected chi connectivity index (χ1v) is 7.05. The second kappa shape index (κ2) is 5.39. The molecule has 1 unspecified atom stereocenters. The number of nitrogens with one attached hydrogen (secondary N) is 1. The smallest absolute Gasteiger partial charge is 0.410 e. The number of nitrogens with zero attached hydrogens (tertiary/aromatic N) is 1. The maximum atomic E-state index is 12.0. The molecule has 0 radical (unpaired) electrons. The normalized spacial score (nSPS) is 24.6. The summed E-state index contributed by atoms with van der Waals surface area (Å²) in [7, 11) is 0. The number of carbonyl (C=O) groups excluding carboxylic acids is 1. The summed E-state index contributed by atoms with van der Waals surface area (Å²) in [6.45, 7) is 2.33. The Labute approximate surface area is 117 Å². The van der Waals surface area contributed by atoms with E-state index in [9.17, 15) is 4.79 Å². The molecule has 1 aromatic rings. The van der Waals surface area contributed by atoms with Gasteiger partial charge in [-0.05, 0) is 43.6 Å². The number of hydrogen-bond donors (Lipinski definition) is 1. The predicted octanol–water partition coefficient (Wildman–Crippen LogP) is 2.59. The summed E-state index contributed by atoms with van der Waals surface area (Å²) >= 11 is 6.04. The van der Waals surface area contributed by atoms with Crippen molar-refractivity contribution in [3.8, 4) is 0 Å². The SMILES string of the molecule is O=C1OCC(c2cccc(Cl)c2)N1C1CCNCC1. The third-order valence-electron chi connectivity index (χ3n) is 3.85. The van der Waals surface area contributed by atoms with Crippen molar-refractivity contribution in [1.29, 1.82) is 0 Å². The minimum absolute atomic E-state index is 0.00528. The van der Waals surface area contributed by atoms with Crippen LogP contribution in [0, 0.1) is 0 Å². The first-order valence-electron chi connectivity index (χ1n) is 6.67. The molecule has 5 heteroatoms. The zero-order valence-electron chi connectivity index (χ0n) is 10.6. The van der Waals surface area contributed by atoms with E-state index in [1.54, 1.807) is 0 Å². The number of piperidine rings is 1. The molecule has 0 aliphatic carbocycles. The summed E-state index contributed by atoms with van der Waals surface area (Å²) in [6, 6.07) is 7.95. The molecule has 3 rings (SSSR count). The van der Waals surface area contributed by atoms with E-state index >= 15 is 0 Å². The van der Waals surface area contributed by atoms with E-state index in [0.717, 1.165) is 31.5 Å². The lowest BCUT2D eigenvalue weighted by atomic mass is 10.0. The molecule has 0 spiro atoms. The van der Waals surface area contributed by atoms with Gasteiger partial charge >= 0.3 is 6.09 Å². The van der Waals surface area contributed by atoms with Crippen molar-refractivity contribution in [3.05, 3.63) is 34.9 Å². The molecule has 2 saturated heterocycles. The molecule has 1 atom stereocenters. The van der Waals surface area contributed by atoms with Crippen LogP contribution in [0.25, 0.3) is 0 Å². The highest BCUT2D eigenvalue weighted by Crippen LogP contribution is 2.33. The molecule has 102 valence electrons. The molecule has 1 N–H and O–H groups in total. The number of halogens is 1. The number of carbonyl (C=O) groups is 1. The quantitative estimate of drug-likeness (QED) is 0.905. The average Bonchev–Trinajstić information content (AvgIpc) is 2.82. The number of benzene rings is 1. The van der Waals surface area contributed by atoms with Gasteiger partial charge in [-0.15, -0.1) is 0 Å². The second-order valence-corrected chi connectivity index (χ2v) is 5.47. The van der Waals surface area contributed by atoms with Gasteiger partial charge in [0.05, 0.1) is 6.04 Å². The molecule has 19 heavy (non-hydrogen) atoms. The van der Waals surface area contributed by atoms with E-state index < -0.39 is 0 Å². The van der Waals surface area contributed by atoms with Crippen LogP contribution in [0.4, 0.5) is 4.79 Å². The van der Waals surface area contributed by atoms with Gasteiger partial charge in [-0.25, -0.2) is 4.79 Å². The Balaban J connectivity index is 1.85. The minimum atomic E-state index is -0.197. The lowest BCUT2D eigenvalue weighted by Gasteiger charge is -2.33. The molecular weight excluding hydrogens is 264 g/mol. The predicted molar refractivity (Wildman–Crippen MR) is 73.3 cm³/mol. The Kier molecular flexibility index (Phi) is 3.62. The van der Waals surface area contributed by atoms with Gasteiger partial charge < -0.3 is 10.1 Å². The highest BCUT2D eigenvalue weighted by atomic mass is 35.5. The van der Waals surface area contributed by atoms with Crippen LogP contribution in [0.5, 0.6) is 0 Å². The summed E-state index contributed by atoms with van der Waals surface area (Å²) in [4.78, 5) is 13.9. The van der Waals surface area contributed by atoms with Crippen molar-refractivity contribution in [3.63, 3.8) is 0 Å². The van der Waals surface area contributed by atoms with E-state index in [4.69, 9.17) is 16.3 Å². The highest BCUT2D eigenvalue weighted by molar-refractivity contribution is 6.30. The van der Waals surface area contributed by atoms with Crippen LogP contribution in [-0.2, 0) is 4.74 Å². The van der Waals surface area contributed by atoms with Crippen LogP contribution < -0.4 is 5.32 Å². The van der Waals surface area contributed by atoms with Crippen LogP contribution >= 0.6 is 11.6 Å². The maximum absolute atomic E-state index is 12.0. The van der Waals surface area contributed by atoms with Crippen LogP contribution in [0.3, 0.4) is 0 Å². The van der Waals surface area contributed by atoms with E-state index in [-0.39, 0.29) is 18.2 Å². The van der Waals surface area contributed by atoms with Gasteiger partial charge in [0.25, 0.3) is 0 Å². The molecule has 1 amide bonds. The Morgan fingerprint density at radius 3 is 2.84 bits per heavy atom. The molecule has 2 fully saturated rings. The van der Waals surface area contributed by atoms with Gasteiger partial charge in [0.1, 0.15) is 6.61 Å². The van der Waals surface area contributed by atoms with Crippen LogP contribution in [0.1, 0.15) is 24.4 Å². The van der Waals surface area contributed by atoms with Gasteiger partial charge in [-0.1, -0.05) is 23.7 Å². The summed E-state index contributed by atoms with van der Waals surface area (Å²) in [5, 5.41) is 4.01. The second-order valence-electron chi connectivity index (χ2n) is 5.04. The molecule has 2 aliphatic rings. The number of cyclic esters (lactones) is 1. The van der Waals surface area contributed by atoms with Crippen molar-refractivity contribution in [2.45, 2.75) is 24.9 Å². The largest absolute Gasteiger partial charge is 0.447 e. The minimum Gasteiger partial charge on any atom is -0.447 e. The first-order chi connectivity index (χ1) is 9.25. The number of hydrogen-bond acceptors (Lipinski definition) is 3. The molecule has 2 aliphatic heterocycles. The van der Waals surface area contributed by atoms with E-state index in [1.165, 1.54) is 0 Å². The molecule has 0 aromatic heterocycles. The van der Waals surface area contributed by atoms with E-state index in [0.29, 0.717) is 11.6 Å². The standard InChI is InChI=1S/C14H17ClN2O2/c15-11-3-1-2-10(8-11)13-9-19-14(18)17(13)12-4-6-16-7-5-12/h1-3,8,12-13,16H,4-7,9H2. The summed E-state index contributed by atoms with van der Waals surface area (Å²) in [5.41, 5.74) is 1.05. The Morgan fingerprint density at radius 1 is 1.32 bits per heavy atom. The number of rotatable bonds is 2.